The van der Waals surface area contributed by atoms with Crippen LogP contribution in [0, 0.1) is 0 Å². The lowest BCUT2D eigenvalue weighted by Gasteiger charge is -2.06. The van der Waals surface area contributed by atoms with Gasteiger partial charge in [0.05, 0.1) is 0 Å². The Kier molecular flexibility index (Phi) is 4.19. The lowest BCUT2D eigenvalue weighted by atomic mass is 10.1. The van der Waals surface area contributed by atoms with Gasteiger partial charge in [0, 0.05) is 32.7 Å². The number of aromatic nitrogens is 4. The van der Waals surface area contributed by atoms with Crippen LogP contribution in [-0.2, 0) is 27.6 Å². The SMILES string of the molecule is Cn1c(=O)c2c(nc(NCCc3ccc(Cl)cc3)n2C)n(C)c1=O. The van der Waals surface area contributed by atoms with Crippen molar-refractivity contribution in [3.63, 3.8) is 0 Å². The molecule has 0 fully saturated rings. The number of fused-ring (bicyclic) bond motifs is 1. The van der Waals surface area contributed by atoms with Gasteiger partial charge in [-0.05, 0) is 24.1 Å². The number of imidazole rings is 1. The minimum absolute atomic E-state index is 0.353. The highest BCUT2D eigenvalue weighted by Crippen LogP contribution is 2.14. The molecule has 0 aliphatic heterocycles. The number of halogens is 1. The molecule has 0 aliphatic rings. The van der Waals surface area contributed by atoms with Crippen LogP contribution in [0.3, 0.4) is 0 Å². The van der Waals surface area contributed by atoms with Crippen LogP contribution in [-0.4, -0.2) is 25.2 Å². The van der Waals surface area contributed by atoms with Crippen LogP contribution in [0.5, 0.6) is 0 Å². The molecule has 3 aromatic rings. The van der Waals surface area contributed by atoms with Crippen LogP contribution in [0.25, 0.3) is 11.2 Å². The second-order valence-electron chi connectivity index (χ2n) is 5.68. The van der Waals surface area contributed by atoms with Crippen LogP contribution in [0.2, 0.25) is 5.02 Å². The van der Waals surface area contributed by atoms with E-state index in [-0.39, 0.29) is 5.56 Å². The van der Waals surface area contributed by atoms with Crippen molar-refractivity contribution in [2.75, 3.05) is 11.9 Å². The molecule has 0 bridgehead atoms. The van der Waals surface area contributed by atoms with Crippen molar-refractivity contribution in [1.82, 2.24) is 18.7 Å². The fraction of sp³-hybridized carbons (Fsp3) is 0.312. The van der Waals surface area contributed by atoms with Crippen LogP contribution in [0.1, 0.15) is 5.56 Å². The molecule has 126 valence electrons. The van der Waals surface area contributed by atoms with E-state index in [4.69, 9.17) is 11.6 Å². The first-order valence-electron chi connectivity index (χ1n) is 7.51. The van der Waals surface area contributed by atoms with Crippen molar-refractivity contribution >= 4 is 28.7 Å². The number of hydrogen-bond acceptors (Lipinski definition) is 4. The van der Waals surface area contributed by atoms with Crippen molar-refractivity contribution in [2.45, 2.75) is 6.42 Å². The van der Waals surface area contributed by atoms with Crippen molar-refractivity contribution in [1.29, 1.82) is 0 Å². The standard InChI is InChI=1S/C16H18ClN5O2/c1-20-12-13(21(2)16(24)22(3)14(12)23)19-15(20)18-9-8-10-4-6-11(17)7-5-10/h4-7H,8-9H2,1-3H3,(H,18,19). The first-order valence-corrected chi connectivity index (χ1v) is 7.88. The average molecular weight is 348 g/mol. The zero-order valence-electron chi connectivity index (χ0n) is 13.7. The Morgan fingerprint density at radius 3 is 2.38 bits per heavy atom. The van der Waals surface area contributed by atoms with Gasteiger partial charge < -0.3 is 9.88 Å². The molecule has 0 amide bonds. The molecule has 2 heterocycles. The summed E-state index contributed by atoms with van der Waals surface area (Å²) in [5.41, 5.74) is 1.18. The Morgan fingerprint density at radius 1 is 1.04 bits per heavy atom. The van der Waals surface area contributed by atoms with Gasteiger partial charge >= 0.3 is 5.69 Å². The van der Waals surface area contributed by atoms with Gasteiger partial charge in [-0.15, -0.1) is 0 Å². The zero-order valence-corrected chi connectivity index (χ0v) is 14.5. The molecular formula is C16H18ClN5O2. The van der Waals surface area contributed by atoms with E-state index in [9.17, 15) is 9.59 Å². The molecule has 1 aromatic carbocycles. The molecule has 0 saturated heterocycles. The Hall–Kier alpha value is -2.54. The minimum atomic E-state index is -0.390. The van der Waals surface area contributed by atoms with Crippen molar-refractivity contribution in [3.8, 4) is 0 Å². The van der Waals surface area contributed by atoms with Crippen molar-refractivity contribution in [2.24, 2.45) is 21.1 Å². The Balaban J connectivity index is 1.88. The third kappa shape index (κ3) is 2.71. The van der Waals surface area contributed by atoms with Gasteiger partial charge in [-0.3, -0.25) is 13.9 Å². The van der Waals surface area contributed by atoms with Gasteiger partial charge in [-0.1, -0.05) is 23.7 Å². The van der Waals surface area contributed by atoms with E-state index >= 15 is 0 Å². The van der Waals surface area contributed by atoms with Gasteiger partial charge in [-0.25, -0.2) is 4.79 Å². The molecule has 3 rings (SSSR count). The largest absolute Gasteiger partial charge is 0.355 e. The van der Waals surface area contributed by atoms with Crippen LogP contribution < -0.4 is 16.6 Å². The molecular weight excluding hydrogens is 330 g/mol. The number of aryl methyl sites for hydroxylation is 2. The van der Waals surface area contributed by atoms with E-state index in [1.807, 2.05) is 24.3 Å². The molecule has 0 spiro atoms. The molecule has 7 nitrogen and oxygen atoms in total. The molecule has 0 saturated carbocycles. The third-order valence-electron chi connectivity index (χ3n) is 4.09. The van der Waals surface area contributed by atoms with E-state index in [1.165, 1.54) is 11.6 Å². The number of anilines is 1. The van der Waals surface area contributed by atoms with E-state index in [2.05, 4.69) is 10.3 Å². The van der Waals surface area contributed by atoms with Crippen molar-refractivity contribution in [3.05, 3.63) is 55.7 Å². The predicted molar refractivity (Wildman–Crippen MR) is 94.8 cm³/mol. The van der Waals surface area contributed by atoms with Crippen molar-refractivity contribution < 1.29 is 0 Å². The molecule has 24 heavy (non-hydrogen) atoms. The maximum atomic E-state index is 12.3. The molecule has 2 aromatic heterocycles. The molecule has 0 aliphatic carbocycles. The highest BCUT2D eigenvalue weighted by Gasteiger charge is 2.16. The Labute approximate surface area is 143 Å². The minimum Gasteiger partial charge on any atom is -0.355 e. The van der Waals surface area contributed by atoms with E-state index in [0.29, 0.717) is 28.7 Å². The maximum Gasteiger partial charge on any atom is 0.332 e. The zero-order chi connectivity index (χ0) is 17.4. The van der Waals surface area contributed by atoms with E-state index in [1.54, 1.807) is 18.7 Å². The average Bonchev–Trinajstić information content (AvgIpc) is 2.90. The summed E-state index contributed by atoms with van der Waals surface area (Å²) >= 11 is 5.87. The summed E-state index contributed by atoms with van der Waals surface area (Å²) in [5.74, 6) is 0.553. The van der Waals surface area contributed by atoms with Crippen LogP contribution in [0.4, 0.5) is 5.95 Å². The lowest BCUT2D eigenvalue weighted by molar-refractivity contribution is 0.705. The molecule has 0 radical (unpaired) electrons. The van der Waals surface area contributed by atoms with Gasteiger partial charge in [0.2, 0.25) is 5.95 Å². The van der Waals surface area contributed by atoms with Gasteiger partial charge in [0.15, 0.2) is 11.2 Å². The number of nitrogens with one attached hydrogen (secondary N) is 1. The number of benzene rings is 1. The van der Waals surface area contributed by atoms with Crippen LogP contribution in [0.15, 0.2) is 33.9 Å². The summed E-state index contributed by atoms with van der Waals surface area (Å²) in [5, 5.41) is 3.92. The molecule has 1 N–H and O–H groups in total. The summed E-state index contributed by atoms with van der Waals surface area (Å²) < 4.78 is 4.14. The molecule has 8 heteroatoms. The summed E-state index contributed by atoms with van der Waals surface area (Å²) in [7, 11) is 4.82. The second-order valence-corrected chi connectivity index (χ2v) is 6.11. The number of nitrogens with zero attached hydrogens (tertiary/aromatic N) is 4. The van der Waals surface area contributed by atoms with E-state index < -0.39 is 5.69 Å². The summed E-state index contributed by atoms with van der Waals surface area (Å²) in [6.07, 6.45) is 0.789. The van der Waals surface area contributed by atoms with Gasteiger partial charge in [0.25, 0.3) is 5.56 Å². The smallest absolute Gasteiger partial charge is 0.332 e. The Bertz CT molecular complexity index is 1010. The van der Waals surface area contributed by atoms with Gasteiger partial charge in [0.1, 0.15) is 0 Å². The second kappa shape index (κ2) is 6.16. The maximum absolute atomic E-state index is 12.3. The summed E-state index contributed by atoms with van der Waals surface area (Å²) in [6, 6.07) is 7.65. The quantitative estimate of drug-likeness (QED) is 0.771. The fourth-order valence-electron chi connectivity index (χ4n) is 2.65. The number of hydrogen-bond donors (Lipinski definition) is 1. The molecule has 0 unspecified atom stereocenters. The predicted octanol–water partition coefficient (Wildman–Crippen LogP) is 1.28. The summed E-state index contributed by atoms with van der Waals surface area (Å²) in [6.45, 7) is 0.646. The number of rotatable bonds is 4. The third-order valence-corrected chi connectivity index (χ3v) is 4.34. The van der Waals surface area contributed by atoms with Crippen LogP contribution >= 0.6 is 11.6 Å². The normalized spacial score (nSPS) is 11.2. The van der Waals surface area contributed by atoms with E-state index in [0.717, 1.165) is 16.6 Å². The highest BCUT2D eigenvalue weighted by atomic mass is 35.5. The highest BCUT2D eigenvalue weighted by molar-refractivity contribution is 6.30. The summed E-state index contributed by atoms with van der Waals surface area (Å²) in [4.78, 5) is 28.7. The topological polar surface area (TPSA) is 73.8 Å². The lowest BCUT2D eigenvalue weighted by Crippen LogP contribution is -2.37. The van der Waals surface area contributed by atoms with Gasteiger partial charge in [-0.2, -0.15) is 4.98 Å². The monoisotopic (exact) mass is 347 g/mol. The fourth-order valence-corrected chi connectivity index (χ4v) is 2.77. The first kappa shape index (κ1) is 16.3. The first-order chi connectivity index (χ1) is 11.4. The Morgan fingerprint density at radius 2 is 1.71 bits per heavy atom. The molecule has 0 atom stereocenters.